The minimum Gasteiger partial charge on any atom is -0.398 e. The van der Waals surface area contributed by atoms with Gasteiger partial charge in [0, 0.05) is 17.9 Å². The smallest absolute Gasteiger partial charge is 0.0962 e. The number of nitrogens with one attached hydrogen (secondary N) is 1. The van der Waals surface area contributed by atoms with Crippen LogP contribution >= 0.6 is 0 Å². The van der Waals surface area contributed by atoms with Crippen LogP contribution in [-0.2, 0) is 0 Å². The van der Waals surface area contributed by atoms with Gasteiger partial charge in [0.2, 0.25) is 0 Å². The van der Waals surface area contributed by atoms with Crippen molar-refractivity contribution >= 4 is 11.4 Å². The Kier molecular flexibility index (Phi) is 3.85. The number of aliphatic hydroxyl groups is 1. The largest absolute Gasteiger partial charge is 0.398 e. The summed E-state index contributed by atoms with van der Waals surface area (Å²) in [6.45, 7) is 2.43. The fourth-order valence-corrected chi connectivity index (χ4v) is 1.84. The van der Waals surface area contributed by atoms with E-state index in [4.69, 9.17) is 5.73 Å². The van der Waals surface area contributed by atoms with Gasteiger partial charge in [-0.1, -0.05) is 36.4 Å². The Bertz CT molecular complexity index is 511. The molecule has 0 heterocycles. The van der Waals surface area contributed by atoms with Gasteiger partial charge in [0.25, 0.3) is 0 Å². The first-order valence-corrected chi connectivity index (χ1v) is 6.00. The molecule has 0 aliphatic rings. The lowest BCUT2D eigenvalue weighted by Crippen LogP contribution is -2.13. The molecule has 0 aromatic heterocycles. The number of hydrogen-bond acceptors (Lipinski definition) is 3. The van der Waals surface area contributed by atoms with E-state index in [-0.39, 0.29) is 0 Å². The van der Waals surface area contributed by atoms with Crippen molar-refractivity contribution in [3.05, 3.63) is 59.7 Å². The summed E-state index contributed by atoms with van der Waals surface area (Å²) in [5.41, 5.74) is 9.48. The van der Waals surface area contributed by atoms with Crippen LogP contribution in [0.2, 0.25) is 0 Å². The average molecular weight is 242 g/mol. The van der Waals surface area contributed by atoms with Crippen molar-refractivity contribution in [1.29, 1.82) is 0 Å². The van der Waals surface area contributed by atoms with Crippen LogP contribution in [0.4, 0.5) is 11.4 Å². The van der Waals surface area contributed by atoms with E-state index in [1.165, 1.54) is 0 Å². The van der Waals surface area contributed by atoms with Gasteiger partial charge in [-0.05, 0) is 30.2 Å². The first-order valence-electron chi connectivity index (χ1n) is 6.00. The van der Waals surface area contributed by atoms with Crippen LogP contribution in [0.25, 0.3) is 0 Å². The first kappa shape index (κ1) is 12.5. The summed E-state index contributed by atoms with van der Waals surface area (Å²) >= 11 is 0. The fourth-order valence-electron chi connectivity index (χ4n) is 1.84. The highest BCUT2D eigenvalue weighted by molar-refractivity contribution is 5.62. The molecule has 4 N–H and O–H groups in total. The Morgan fingerprint density at radius 1 is 1.11 bits per heavy atom. The molecule has 0 aliphatic carbocycles. The van der Waals surface area contributed by atoms with Crippen LogP contribution in [0, 0.1) is 6.92 Å². The molecule has 3 heteroatoms. The number of nitrogens with two attached hydrogens (primary N) is 1. The predicted octanol–water partition coefficient (Wildman–Crippen LogP) is 2.72. The van der Waals surface area contributed by atoms with Gasteiger partial charge >= 0.3 is 0 Å². The molecular formula is C15H18N2O. The van der Waals surface area contributed by atoms with Gasteiger partial charge in [-0.15, -0.1) is 0 Å². The summed E-state index contributed by atoms with van der Waals surface area (Å²) in [5, 5.41) is 13.3. The number of nitrogen functional groups attached to an aromatic ring is 1. The maximum Gasteiger partial charge on any atom is 0.0962 e. The zero-order valence-electron chi connectivity index (χ0n) is 10.4. The molecule has 0 amide bonds. The summed E-state index contributed by atoms with van der Waals surface area (Å²) in [7, 11) is 0. The van der Waals surface area contributed by atoms with E-state index < -0.39 is 6.10 Å². The van der Waals surface area contributed by atoms with E-state index in [1.54, 1.807) is 0 Å². The summed E-state index contributed by atoms with van der Waals surface area (Å²) < 4.78 is 0. The Morgan fingerprint density at radius 3 is 2.56 bits per heavy atom. The molecule has 0 radical (unpaired) electrons. The molecular weight excluding hydrogens is 224 g/mol. The van der Waals surface area contributed by atoms with Crippen LogP contribution in [0.3, 0.4) is 0 Å². The molecule has 0 saturated carbocycles. The van der Waals surface area contributed by atoms with Crippen LogP contribution < -0.4 is 11.1 Å². The van der Waals surface area contributed by atoms with E-state index >= 15 is 0 Å². The second-order valence-electron chi connectivity index (χ2n) is 4.33. The van der Waals surface area contributed by atoms with E-state index in [2.05, 4.69) is 5.32 Å². The van der Waals surface area contributed by atoms with E-state index in [0.29, 0.717) is 6.54 Å². The molecule has 0 aliphatic heterocycles. The second kappa shape index (κ2) is 5.56. The summed E-state index contributed by atoms with van der Waals surface area (Å²) in [6, 6.07) is 15.3. The Labute approximate surface area is 107 Å². The number of hydrogen-bond donors (Lipinski definition) is 3. The lowest BCUT2D eigenvalue weighted by atomic mass is 10.1. The van der Waals surface area contributed by atoms with Crippen LogP contribution in [0.15, 0.2) is 48.5 Å². The highest BCUT2D eigenvalue weighted by Crippen LogP contribution is 2.21. The molecule has 0 saturated heterocycles. The third-order valence-corrected chi connectivity index (χ3v) is 3.05. The molecule has 0 bridgehead atoms. The number of rotatable bonds is 4. The molecule has 1 atom stereocenters. The van der Waals surface area contributed by atoms with Gasteiger partial charge in [0.1, 0.15) is 0 Å². The third-order valence-electron chi connectivity index (χ3n) is 3.05. The van der Waals surface area contributed by atoms with Crippen molar-refractivity contribution in [3.8, 4) is 0 Å². The van der Waals surface area contributed by atoms with Gasteiger partial charge in [0.15, 0.2) is 0 Å². The Morgan fingerprint density at radius 2 is 1.83 bits per heavy atom. The Hall–Kier alpha value is -2.00. The number of benzene rings is 2. The van der Waals surface area contributed by atoms with Crippen molar-refractivity contribution in [1.82, 2.24) is 0 Å². The van der Waals surface area contributed by atoms with Crippen LogP contribution in [0.1, 0.15) is 17.2 Å². The normalized spacial score (nSPS) is 12.1. The van der Waals surface area contributed by atoms with Crippen molar-refractivity contribution in [3.63, 3.8) is 0 Å². The molecule has 0 spiro atoms. The predicted molar refractivity (Wildman–Crippen MR) is 75.5 cm³/mol. The van der Waals surface area contributed by atoms with E-state index in [9.17, 15) is 5.11 Å². The molecule has 2 aromatic carbocycles. The number of aliphatic hydroxyl groups excluding tert-OH is 1. The Balaban J connectivity index is 2.02. The lowest BCUT2D eigenvalue weighted by Gasteiger charge is -2.15. The summed E-state index contributed by atoms with van der Waals surface area (Å²) in [6.07, 6.45) is -0.521. The molecule has 2 aromatic rings. The fraction of sp³-hybridized carbons (Fsp3) is 0.200. The number of anilines is 2. The zero-order chi connectivity index (χ0) is 13.0. The minimum absolute atomic E-state index is 0.467. The highest BCUT2D eigenvalue weighted by Gasteiger charge is 2.07. The minimum atomic E-state index is -0.521. The molecule has 2 rings (SSSR count). The SMILES string of the molecule is Cc1c(N)cccc1NCC(O)c1ccccc1. The van der Waals surface area contributed by atoms with Crippen molar-refractivity contribution in [2.45, 2.75) is 13.0 Å². The zero-order valence-corrected chi connectivity index (χ0v) is 10.4. The van der Waals surface area contributed by atoms with Crippen molar-refractivity contribution in [2.75, 3.05) is 17.6 Å². The second-order valence-corrected chi connectivity index (χ2v) is 4.33. The maximum atomic E-state index is 10.0. The molecule has 18 heavy (non-hydrogen) atoms. The summed E-state index contributed by atoms with van der Waals surface area (Å²) in [5.74, 6) is 0. The average Bonchev–Trinajstić information content (AvgIpc) is 2.41. The molecule has 3 nitrogen and oxygen atoms in total. The monoisotopic (exact) mass is 242 g/mol. The summed E-state index contributed by atoms with van der Waals surface area (Å²) in [4.78, 5) is 0. The molecule has 0 fully saturated rings. The van der Waals surface area contributed by atoms with Gasteiger partial charge in [-0.25, -0.2) is 0 Å². The van der Waals surface area contributed by atoms with Crippen molar-refractivity contribution in [2.24, 2.45) is 0 Å². The van der Waals surface area contributed by atoms with Crippen molar-refractivity contribution < 1.29 is 5.11 Å². The first-order chi connectivity index (χ1) is 8.68. The van der Waals surface area contributed by atoms with Gasteiger partial charge in [-0.2, -0.15) is 0 Å². The quantitative estimate of drug-likeness (QED) is 0.722. The van der Waals surface area contributed by atoms with E-state index in [1.807, 2.05) is 55.5 Å². The highest BCUT2D eigenvalue weighted by atomic mass is 16.3. The third kappa shape index (κ3) is 2.81. The van der Waals surface area contributed by atoms with Gasteiger partial charge in [-0.3, -0.25) is 0 Å². The molecule has 94 valence electrons. The standard InChI is InChI=1S/C15H18N2O/c1-11-13(16)8-5-9-14(11)17-10-15(18)12-6-3-2-4-7-12/h2-9,15,17-18H,10,16H2,1H3. The van der Waals surface area contributed by atoms with Crippen LogP contribution in [0.5, 0.6) is 0 Å². The topological polar surface area (TPSA) is 58.3 Å². The van der Waals surface area contributed by atoms with Crippen LogP contribution in [-0.4, -0.2) is 11.7 Å². The van der Waals surface area contributed by atoms with Gasteiger partial charge < -0.3 is 16.2 Å². The van der Waals surface area contributed by atoms with Gasteiger partial charge in [0.05, 0.1) is 6.10 Å². The lowest BCUT2D eigenvalue weighted by molar-refractivity contribution is 0.191. The van der Waals surface area contributed by atoms with E-state index in [0.717, 1.165) is 22.5 Å². The molecule has 1 unspecified atom stereocenters. The maximum absolute atomic E-state index is 10.0.